The number of nitrogens with two attached hydrogens (primary N) is 1. The molecule has 1 aromatic rings. The molecule has 2 rings (SSSR count). The standard InChI is InChI=1S/C14H17N3O3/c1-17-12(18)7-6-11(14(17)20)16-8-9-2-4-10(5-3-9)13(15)19/h2-5,11,16H,6-8H2,1H3,(H2,15,19). The molecule has 1 aliphatic heterocycles. The highest BCUT2D eigenvalue weighted by Crippen LogP contribution is 2.12. The van der Waals surface area contributed by atoms with Crippen molar-refractivity contribution in [2.45, 2.75) is 25.4 Å². The lowest BCUT2D eigenvalue weighted by Gasteiger charge is -2.28. The lowest BCUT2D eigenvalue weighted by atomic mass is 10.0. The number of carbonyl (C=O) groups is 3. The summed E-state index contributed by atoms with van der Waals surface area (Å²) in [4.78, 5) is 35.4. The molecule has 6 nitrogen and oxygen atoms in total. The fourth-order valence-electron chi connectivity index (χ4n) is 2.13. The first kappa shape index (κ1) is 14.2. The monoisotopic (exact) mass is 275 g/mol. The minimum absolute atomic E-state index is 0.140. The topological polar surface area (TPSA) is 92.5 Å². The van der Waals surface area contributed by atoms with Crippen molar-refractivity contribution in [2.24, 2.45) is 5.73 Å². The van der Waals surface area contributed by atoms with Crippen LogP contribution in [0.2, 0.25) is 0 Å². The van der Waals surface area contributed by atoms with Crippen LogP contribution in [0.3, 0.4) is 0 Å². The van der Waals surface area contributed by atoms with Gasteiger partial charge in [-0.15, -0.1) is 0 Å². The highest BCUT2D eigenvalue weighted by Gasteiger charge is 2.31. The van der Waals surface area contributed by atoms with Gasteiger partial charge in [-0.2, -0.15) is 0 Å². The first-order chi connectivity index (χ1) is 9.49. The Bertz CT molecular complexity index is 539. The van der Waals surface area contributed by atoms with Crippen LogP contribution in [0.15, 0.2) is 24.3 Å². The van der Waals surface area contributed by atoms with Gasteiger partial charge in [-0.05, 0) is 24.1 Å². The molecule has 20 heavy (non-hydrogen) atoms. The highest BCUT2D eigenvalue weighted by molar-refractivity contribution is 6.00. The van der Waals surface area contributed by atoms with Crippen molar-refractivity contribution in [1.82, 2.24) is 10.2 Å². The van der Waals surface area contributed by atoms with Crippen molar-refractivity contribution in [3.63, 3.8) is 0 Å². The number of nitrogens with one attached hydrogen (secondary N) is 1. The summed E-state index contributed by atoms with van der Waals surface area (Å²) in [5.41, 5.74) is 6.56. The number of nitrogens with zero attached hydrogens (tertiary/aromatic N) is 1. The summed E-state index contributed by atoms with van der Waals surface area (Å²) in [5, 5.41) is 3.13. The first-order valence-electron chi connectivity index (χ1n) is 6.41. The highest BCUT2D eigenvalue weighted by atomic mass is 16.2. The number of amides is 3. The van der Waals surface area contributed by atoms with Gasteiger partial charge < -0.3 is 11.1 Å². The van der Waals surface area contributed by atoms with E-state index in [1.807, 2.05) is 0 Å². The molecule has 106 valence electrons. The van der Waals surface area contributed by atoms with E-state index in [1.165, 1.54) is 7.05 Å². The average Bonchev–Trinajstić information content (AvgIpc) is 2.44. The van der Waals surface area contributed by atoms with Gasteiger partial charge in [0.15, 0.2) is 0 Å². The second-order valence-corrected chi connectivity index (χ2v) is 4.82. The average molecular weight is 275 g/mol. The minimum Gasteiger partial charge on any atom is -0.366 e. The zero-order chi connectivity index (χ0) is 14.7. The van der Waals surface area contributed by atoms with Crippen LogP contribution in [0.25, 0.3) is 0 Å². The summed E-state index contributed by atoms with van der Waals surface area (Å²) in [7, 11) is 1.50. The number of hydrogen-bond acceptors (Lipinski definition) is 4. The third-order valence-corrected chi connectivity index (χ3v) is 3.44. The van der Waals surface area contributed by atoms with Crippen LogP contribution < -0.4 is 11.1 Å². The third-order valence-electron chi connectivity index (χ3n) is 3.44. The normalized spacial score (nSPS) is 19.2. The van der Waals surface area contributed by atoms with E-state index in [0.717, 1.165) is 10.5 Å². The zero-order valence-corrected chi connectivity index (χ0v) is 11.3. The maximum Gasteiger partial charge on any atom is 0.248 e. The van der Waals surface area contributed by atoms with Crippen LogP contribution in [0.5, 0.6) is 0 Å². The SMILES string of the molecule is CN1C(=O)CCC(NCc2ccc(C(N)=O)cc2)C1=O. The summed E-state index contributed by atoms with van der Waals surface area (Å²) in [5.74, 6) is -0.805. The molecule has 0 aromatic heterocycles. The van der Waals surface area contributed by atoms with Crippen LogP contribution in [0.4, 0.5) is 0 Å². The fraction of sp³-hybridized carbons (Fsp3) is 0.357. The Hall–Kier alpha value is -2.21. The van der Waals surface area contributed by atoms with Crippen LogP contribution in [0, 0.1) is 0 Å². The number of carbonyl (C=O) groups excluding carboxylic acids is 3. The van der Waals surface area contributed by atoms with E-state index >= 15 is 0 Å². The molecule has 1 aromatic carbocycles. The summed E-state index contributed by atoms with van der Waals surface area (Å²) in [6.07, 6.45) is 0.891. The van der Waals surface area contributed by atoms with Crippen molar-refractivity contribution >= 4 is 17.7 Å². The summed E-state index contributed by atoms with van der Waals surface area (Å²) in [6.45, 7) is 0.497. The zero-order valence-electron chi connectivity index (χ0n) is 11.3. The molecule has 1 atom stereocenters. The lowest BCUT2D eigenvalue weighted by Crippen LogP contribution is -2.51. The Labute approximate surface area is 116 Å². The summed E-state index contributed by atoms with van der Waals surface area (Å²) < 4.78 is 0. The molecule has 0 bridgehead atoms. The second kappa shape index (κ2) is 5.83. The predicted octanol–water partition coefficient (Wildman–Crippen LogP) is 0.0225. The third kappa shape index (κ3) is 3.03. The molecule has 1 unspecified atom stereocenters. The van der Waals surface area contributed by atoms with Crippen molar-refractivity contribution < 1.29 is 14.4 Å². The molecule has 1 fully saturated rings. The van der Waals surface area contributed by atoms with E-state index < -0.39 is 5.91 Å². The molecule has 1 saturated heterocycles. The summed E-state index contributed by atoms with van der Waals surface area (Å²) in [6, 6.07) is 6.54. The number of likely N-dealkylation sites (N-methyl/N-ethyl adjacent to an activating group) is 1. The van der Waals surface area contributed by atoms with Crippen molar-refractivity contribution in [3.05, 3.63) is 35.4 Å². The van der Waals surface area contributed by atoms with Gasteiger partial charge in [0.25, 0.3) is 0 Å². The van der Waals surface area contributed by atoms with Crippen molar-refractivity contribution in [3.8, 4) is 0 Å². The first-order valence-corrected chi connectivity index (χ1v) is 6.41. The number of primary amides is 1. The van der Waals surface area contributed by atoms with E-state index in [-0.39, 0.29) is 17.9 Å². The number of rotatable bonds is 4. The molecule has 0 spiro atoms. The Balaban J connectivity index is 1.93. The van der Waals surface area contributed by atoms with Crippen LogP contribution >= 0.6 is 0 Å². The van der Waals surface area contributed by atoms with Crippen LogP contribution in [-0.2, 0) is 16.1 Å². The van der Waals surface area contributed by atoms with Gasteiger partial charge in [0.1, 0.15) is 0 Å². The fourth-order valence-corrected chi connectivity index (χ4v) is 2.13. The quantitative estimate of drug-likeness (QED) is 0.758. The number of imide groups is 1. The molecule has 1 heterocycles. The van der Waals surface area contributed by atoms with Crippen molar-refractivity contribution in [2.75, 3.05) is 7.05 Å². The van der Waals surface area contributed by atoms with Gasteiger partial charge in [-0.1, -0.05) is 12.1 Å². The van der Waals surface area contributed by atoms with E-state index in [4.69, 9.17) is 5.73 Å². The number of benzene rings is 1. The predicted molar refractivity (Wildman–Crippen MR) is 72.6 cm³/mol. The van der Waals surface area contributed by atoms with E-state index in [0.29, 0.717) is 24.9 Å². The van der Waals surface area contributed by atoms with E-state index in [9.17, 15) is 14.4 Å². The number of likely N-dealkylation sites (tertiary alicyclic amines) is 1. The van der Waals surface area contributed by atoms with Gasteiger partial charge in [0, 0.05) is 25.6 Å². The molecular formula is C14H17N3O3. The lowest BCUT2D eigenvalue weighted by molar-refractivity contribution is -0.148. The van der Waals surface area contributed by atoms with Crippen LogP contribution in [-0.4, -0.2) is 35.7 Å². The molecule has 0 saturated carbocycles. The second-order valence-electron chi connectivity index (χ2n) is 4.82. The minimum atomic E-state index is -0.466. The van der Waals surface area contributed by atoms with Crippen LogP contribution in [0.1, 0.15) is 28.8 Å². The maximum absolute atomic E-state index is 11.9. The Morgan fingerprint density at radius 2 is 2.00 bits per heavy atom. The Morgan fingerprint density at radius 3 is 2.60 bits per heavy atom. The molecular weight excluding hydrogens is 258 g/mol. The number of hydrogen-bond donors (Lipinski definition) is 2. The van der Waals surface area contributed by atoms with E-state index in [1.54, 1.807) is 24.3 Å². The maximum atomic E-state index is 11.9. The largest absolute Gasteiger partial charge is 0.366 e. The Morgan fingerprint density at radius 1 is 1.35 bits per heavy atom. The number of piperidine rings is 1. The van der Waals surface area contributed by atoms with Gasteiger partial charge in [-0.25, -0.2) is 0 Å². The molecule has 0 aliphatic carbocycles. The van der Waals surface area contributed by atoms with Gasteiger partial charge in [0.2, 0.25) is 17.7 Å². The van der Waals surface area contributed by atoms with Crippen molar-refractivity contribution in [1.29, 1.82) is 0 Å². The smallest absolute Gasteiger partial charge is 0.248 e. The molecule has 3 N–H and O–H groups in total. The molecule has 6 heteroatoms. The molecule has 3 amide bonds. The van der Waals surface area contributed by atoms with Gasteiger partial charge in [-0.3, -0.25) is 19.3 Å². The summed E-state index contributed by atoms with van der Waals surface area (Å²) >= 11 is 0. The Kier molecular flexibility index (Phi) is 4.14. The van der Waals surface area contributed by atoms with Gasteiger partial charge >= 0.3 is 0 Å². The molecule has 0 radical (unpaired) electrons. The van der Waals surface area contributed by atoms with Gasteiger partial charge in [0.05, 0.1) is 6.04 Å². The molecule has 1 aliphatic rings. The van der Waals surface area contributed by atoms with E-state index in [2.05, 4.69) is 5.32 Å².